The molecule has 5 heteroatoms. The van der Waals surface area contributed by atoms with Crippen LogP contribution in [0.1, 0.15) is 22.5 Å². The molecule has 0 radical (unpaired) electrons. The standard InChI is InChI=1S/C12H14N4O/c13-12(17)11-10(3-1-5-15-11)4-2-7-16-8-6-14-9-16/h1,3,5-6,8-9H,2,4,7H2,(H2,13,17). The summed E-state index contributed by atoms with van der Waals surface area (Å²) in [4.78, 5) is 19.1. The van der Waals surface area contributed by atoms with Crippen LogP contribution in [0, 0.1) is 0 Å². The van der Waals surface area contributed by atoms with Crippen LogP contribution < -0.4 is 5.73 Å². The first-order valence-corrected chi connectivity index (χ1v) is 5.47. The van der Waals surface area contributed by atoms with Crippen LogP contribution in [0.15, 0.2) is 37.1 Å². The van der Waals surface area contributed by atoms with Gasteiger partial charge in [-0.1, -0.05) is 6.07 Å². The average Bonchev–Trinajstić information content (AvgIpc) is 2.82. The van der Waals surface area contributed by atoms with Crippen molar-refractivity contribution < 1.29 is 4.79 Å². The fraction of sp³-hybridized carbons (Fsp3) is 0.250. The number of aromatic nitrogens is 3. The largest absolute Gasteiger partial charge is 0.364 e. The van der Waals surface area contributed by atoms with E-state index in [2.05, 4.69) is 9.97 Å². The number of imidazole rings is 1. The molecule has 0 saturated heterocycles. The van der Waals surface area contributed by atoms with Crippen LogP contribution in [-0.2, 0) is 13.0 Å². The zero-order valence-electron chi connectivity index (χ0n) is 9.41. The highest BCUT2D eigenvalue weighted by molar-refractivity contribution is 5.92. The lowest BCUT2D eigenvalue weighted by Crippen LogP contribution is -2.16. The van der Waals surface area contributed by atoms with Crippen LogP contribution in [0.25, 0.3) is 0 Å². The number of carbonyl (C=O) groups excluding carboxylic acids is 1. The summed E-state index contributed by atoms with van der Waals surface area (Å²) in [5.74, 6) is -0.469. The van der Waals surface area contributed by atoms with E-state index in [0.29, 0.717) is 5.69 Å². The Morgan fingerprint density at radius 1 is 1.41 bits per heavy atom. The molecule has 0 aliphatic heterocycles. The van der Waals surface area contributed by atoms with Crippen molar-refractivity contribution in [2.45, 2.75) is 19.4 Å². The Kier molecular flexibility index (Phi) is 3.49. The molecule has 1 amide bonds. The molecule has 17 heavy (non-hydrogen) atoms. The van der Waals surface area contributed by atoms with E-state index >= 15 is 0 Å². The topological polar surface area (TPSA) is 73.8 Å². The van der Waals surface area contributed by atoms with E-state index in [-0.39, 0.29) is 0 Å². The molecule has 2 rings (SSSR count). The third kappa shape index (κ3) is 2.90. The Bertz CT molecular complexity index is 493. The minimum Gasteiger partial charge on any atom is -0.364 e. The number of rotatable bonds is 5. The Balaban J connectivity index is 1.97. The smallest absolute Gasteiger partial charge is 0.267 e. The van der Waals surface area contributed by atoms with E-state index in [1.54, 1.807) is 18.7 Å². The molecule has 0 unspecified atom stereocenters. The highest BCUT2D eigenvalue weighted by atomic mass is 16.1. The second-order valence-electron chi connectivity index (χ2n) is 3.78. The van der Waals surface area contributed by atoms with Gasteiger partial charge in [-0.25, -0.2) is 4.98 Å². The normalized spacial score (nSPS) is 10.4. The van der Waals surface area contributed by atoms with E-state index in [1.807, 2.05) is 22.9 Å². The maximum Gasteiger partial charge on any atom is 0.267 e. The number of aryl methyl sites for hydroxylation is 2. The molecule has 0 atom stereocenters. The summed E-state index contributed by atoms with van der Waals surface area (Å²) in [7, 11) is 0. The summed E-state index contributed by atoms with van der Waals surface area (Å²) in [6.45, 7) is 0.868. The number of primary amides is 1. The number of hydrogen-bond donors (Lipinski definition) is 1. The molecule has 0 aliphatic carbocycles. The Morgan fingerprint density at radius 2 is 2.29 bits per heavy atom. The Hall–Kier alpha value is -2.17. The van der Waals surface area contributed by atoms with Gasteiger partial charge in [0.25, 0.3) is 5.91 Å². The van der Waals surface area contributed by atoms with Crippen LogP contribution in [0.2, 0.25) is 0 Å². The first-order chi connectivity index (χ1) is 8.27. The molecule has 0 spiro atoms. The third-order valence-electron chi connectivity index (χ3n) is 2.55. The minimum atomic E-state index is -0.469. The summed E-state index contributed by atoms with van der Waals surface area (Å²) in [5, 5.41) is 0. The summed E-state index contributed by atoms with van der Waals surface area (Å²) in [6, 6.07) is 3.71. The van der Waals surface area contributed by atoms with Gasteiger partial charge >= 0.3 is 0 Å². The monoisotopic (exact) mass is 230 g/mol. The van der Waals surface area contributed by atoms with Crippen LogP contribution in [-0.4, -0.2) is 20.4 Å². The van der Waals surface area contributed by atoms with Crippen molar-refractivity contribution in [1.82, 2.24) is 14.5 Å². The highest BCUT2D eigenvalue weighted by Gasteiger charge is 2.08. The highest BCUT2D eigenvalue weighted by Crippen LogP contribution is 2.08. The predicted molar refractivity (Wildman–Crippen MR) is 63.3 cm³/mol. The van der Waals surface area contributed by atoms with E-state index in [4.69, 9.17) is 5.73 Å². The van der Waals surface area contributed by atoms with Crippen molar-refractivity contribution >= 4 is 5.91 Å². The molecule has 88 valence electrons. The summed E-state index contributed by atoms with van der Waals surface area (Å²) in [5.41, 5.74) is 6.54. The summed E-state index contributed by atoms with van der Waals surface area (Å²) < 4.78 is 2.00. The summed E-state index contributed by atoms with van der Waals surface area (Å²) in [6.07, 6.45) is 8.72. The number of amides is 1. The second-order valence-corrected chi connectivity index (χ2v) is 3.78. The van der Waals surface area contributed by atoms with Gasteiger partial charge in [-0.05, 0) is 24.5 Å². The van der Waals surface area contributed by atoms with Crippen molar-refractivity contribution in [2.24, 2.45) is 5.73 Å². The molecule has 0 bridgehead atoms. The second kappa shape index (κ2) is 5.25. The van der Waals surface area contributed by atoms with Crippen LogP contribution in [0.3, 0.4) is 0 Å². The van der Waals surface area contributed by atoms with E-state index in [1.165, 1.54) is 0 Å². The third-order valence-corrected chi connectivity index (χ3v) is 2.55. The van der Waals surface area contributed by atoms with Gasteiger partial charge in [0.1, 0.15) is 5.69 Å². The van der Waals surface area contributed by atoms with Gasteiger partial charge < -0.3 is 10.3 Å². The maximum atomic E-state index is 11.2. The molecule has 2 N–H and O–H groups in total. The number of pyridine rings is 1. The van der Waals surface area contributed by atoms with Crippen LogP contribution >= 0.6 is 0 Å². The molecule has 0 aromatic carbocycles. The number of carbonyl (C=O) groups is 1. The van der Waals surface area contributed by atoms with Gasteiger partial charge in [0.15, 0.2) is 0 Å². The lowest BCUT2D eigenvalue weighted by atomic mass is 10.1. The SMILES string of the molecule is NC(=O)c1ncccc1CCCn1ccnc1. The van der Waals surface area contributed by atoms with Gasteiger partial charge in [-0.15, -0.1) is 0 Å². The lowest BCUT2D eigenvalue weighted by Gasteiger charge is -2.05. The molecule has 2 heterocycles. The zero-order valence-corrected chi connectivity index (χ0v) is 9.41. The van der Waals surface area contributed by atoms with Gasteiger partial charge in [-0.2, -0.15) is 0 Å². The predicted octanol–water partition coefficient (Wildman–Crippen LogP) is 1.01. The van der Waals surface area contributed by atoms with Crippen molar-refractivity contribution in [3.8, 4) is 0 Å². The van der Waals surface area contributed by atoms with Gasteiger partial charge in [0, 0.05) is 25.1 Å². The quantitative estimate of drug-likeness (QED) is 0.833. The fourth-order valence-corrected chi connectivity index (χ4v) is 1.73. The van der Waals surface area contributed by atoms with E-state index in [0.717, 1.165) is 24.9 Å². The molecule has 0 saturated carbocycles. The minimum absolute atomic E-state index is 0.373. The van der Waals surface area contributed by atoms with Gasteiger partial charge in [0.05, 0.1) is 6.33 Å². The van der Waals surface area contributed by atoms with E-state index in [9.17, 15) is 4.79 Å². The number of nitrogens with zero attached hydrogens (tertiary/aromatic N) is 3. The molecular formula is C12H14N4O. The van der Waals surface area contributed by atoms with Crippen molar-refractivity contribution in [2.75, 3.05) is 0 Å². The van der Waals surface area contributed by atoms with E-state index < -0.39 is 5.91 Å². The lowest BCUT2D eigenvalue weighted by molar-refractivity contribution is 0.0994. The zero-order chi connectivity index (χ0) is 12.1. The fourth-order valence-electron chi connectivity index (χ4n) is 1.73. The molecule has 0 aliphatic rings. The Morgan fingerprint density at radius 3 is 3.00 bits per heavy atom. The number of hydrogen-bond acceptors (Lipinski definition) is 3. The van der Waals surface area contributed by atoms with Crippen LogP contribution in [0.4, 0.5) is 0 Å². The maximum absolute atomic E-state index is 11.2. The average molecular weight is 230 g/mol. The first kappa shape index (κ1) is 11.3. The molecular weight excluding hydrogens is 216 g/mol. The van der Waals surface area contributed by atoms with Crippen molar-refractivity contribution in [3.05, 3.63) is 48.3 Å². The summed E-state index contributed by atoms with van der Waals surface area (Å²) >= 11 is 0. The van der Waals surface area contributed by atoms with Gasteiger partial charge in [-0.3, -0.25) is 9.78 Å². The van der Waals surface area contributed by atoms with Crippen molar-refractivity contribution in [3.63, 3.8) is 0 Å². The molecule has 5 nitrogen and oxygen atoms in total. The Labute approximate surface area is 99.3 Å². The van der Waals surface area contributed by atoms with Crippen molar-refractivity contribution in [1.29, 1.82) is 0 Å². The molecule has 2 aromatic rings. The molecule has 0 fully saturated rings. The number of nitrogens with two attached hydrogens (primary N) is 1. The first-order valence-electron chi connectivity index (χ1n) is 5.47. The molecule has 2 aromatic heterocycles. The van der Waals surface area contributed by atoms with Gasteiger partial charge in [0.2, 0.25) is 0 Å². The van der Waals surface area contributed by atoms with Crippen LogP contribution in [0.5, 0.6) is 0 Å².